The van der Waals surface area contributed by atoms with Crippen LogP contribution in [0.15, 0.2) is 59.1 Å². The number of nitrogens with one attached hydrogen (secondary N) is 1. The Bertz CT molecular complexity index is 643. The fraction of sp³-hybridized carbons (Fsp3) is 0.125. The molecule has 2 N–H and O–H groups in total. The molecule has 0 aliphatic rings. The Labute approximate surface area is 130 Å². The number of hydrogen-bond donors (Lipinski definition) is 2. The van der Waals surface area contributed by atoms with Gasteiger partial charge in [-0.15, -0.1) is 0 Å². The fourth-order valence-corrected chi connectivity index (χ4v) is 2.40. The molecule has 2 aromatic carbocycles. The molecule has 2 rings (SSSR count). The Morgan fingerprint density at radius 3 is 2.43 bits per heavy atom. The first kappa shape index (κ1) is 15.3. The van der Waals surface area contributed by atoms with Gasteiger partial charge in [0, 0.05) is 16.6 Å². The predicted molar refractivity (Wildman–Crippen MR) is 84.2 cm³/mol. The molecule has 21 heavy (non-hydrogen) atoms. The monoisotopic (exact) mass is 347 g/mol. The molecule has 0 aromatic heterocycles. The molecule has 0 aliphatic carbocycles. The lowest BCUT2D eigenvalue weighted by atomic mass is 9.95. The van der Waals surface area contributed by atoms with E-state index in [2.05, 4.69) is 21.2 Å². The minimum Gasteiger partial charge on any atom is -0.481 e. The van der Waals surface area contributed by atoms with Crippen molar-refractivity contribution >= 4 is 33.5 Å². The summed E-state index contributed by atoms with van der Waals surface area (Å²) in [6.45, 7) is 0. The number of amides is 1. The summed E-state index contributed by atoms with van der Waals surface area (Å²) in [4.78, 5) is 23.4. The van der Waals surface area contributed by atoms with Crippen molar-refractivity contribution in [2.45, 2.75) is 12.3 Å². The Hall–Kier alpha value is -2.14. The first-order valence-electron chi connectivity index (χ1n) is 6.39. The largest absolute Gasteiger partial charge is 0.481 e. The third kappa shape index (κ3) is 4.43. The van der Waals surface area contributed by atoms with Crippen molar-refractivity contribution in [1.82, 2.24) is 0 Å². The first-order chi connectivity index (χ1) is 10.1. The number of carboxylic acids is 1. The highest BCUT2D eigenvalue weighted by Crippen LogP contribution is 2.21. The summed E-state index contributed by atoms with van der Waals surface area (Å²) < 4.78 is 0.846. The van der Waals surface area contributed by atoms with E-state index in [0.717, 1.165) is 4.47 Å². The summed E-state index contributed by atoms with van der Waals surface area (Å²) in [6, 6.07) is 15.9. The van der Waals surface area contributed by atoms with E-state index >= 15 is 0 Å². The van der Waals surface area contributed by atoms with Crippen LogP contribution in [0.25, 0.3) is 0 Å². The molecule has 0 spiro atoms. The van der Waals surface area contributed by atoms with E-state index in [0.29, 0.717) is 11.3 Å². The molecule has 0 saturated carbocycles. The molecule has 0 fully saturated rings. The minimum atomic E-state index is -1.01. The Morgan fingerprint density at radius 1 is 1.10 bits per heavy atom. The molecule has 0 radical (unpaired) electrons. The molecule has 0 bridgehead atoms. The Kier molecular flexibility index (Phi) is 5.11. The van der Waals surface area contributed by atoms with Gasteiger partial charge < -0.3 is 10.4 Å². The summed E-state index contributed by atoms with van der Waals surface area (Å²) in [5.74, 6) is -2.19. The van der Waals surface area contributed by atoms with E-state index < -0.39 is 11.9 Å². The van der Waals surface area contributed by atoms with Crippen LogP contribution in [-0.4, -0.2) is 17.0 Å². The van der Waals surface area contributed by atoms with Crippen LogP contribution in [0.2, 0.25) is 0 Å². The average molecular weight is 348 g/mol. The number of carboxylic acid groups (broad SMARTS) is 1. The molecule has 1 unspecified atom stereocenters. The number of hydrogen-bond acceptors (Lipinski definition) is 2. The molecule has 4 nitrogen and oxygen atoms in total. The van der Waals surface area contributed by atoms with Gasteiger partial charge >= 0.3 is 5.97 Å². The van der Waals surface area contributed by atoms with Gasteiger partial charge in [0.05, 0.1) is 5.92 Å². The van der Waals surface area contributed by atoms with Gasteiger partial charge in [-0.2, -0.15) is 0 Å². The molecule has 0 saturated heterocycles. The smallest absolute Gasteiger partial charge is 0.311 e. The maximum Gasteiger partial charge on any atom is 0.311 e. The number of halogens is 1. The van der Waals surface area contributed by atoms with E-state index in [1.54, 1.807) is 42.5 Å². The Balaban J connectivity index is 2.07. The second-order valence-electron chi connectivity index (χ2n) is 4.56. The average Bonchev–Trinajstić information content (AvgIpc) is 2.45. The second-order valence-corrected chi connectivity index (χ2v) is 5.48. The summed E-state index contributed by atoms with van der Waals surface area (Å²) in [7, 11) is 0. The first-order valence-corrected chi connectivity index (χ1v) is 7.19. The molecule has 0 aliphatic heterocycles. The van der Waals surface area contributed by atoms with Crippen LogP contribution >= 0.6 is 15.9 Å². The van der Waals surface area contributed by atoms with E-state index in [-0.39, 0.29) is 12.3 Å². The standard InChI is InChI=1S/C16H14BrNO3/c17-12-7-4-8-13(9-12)18-15(19)10-14(16(20)21)11-5-2-1-3-6-11/h1-9,14H,10H2,(H,18,19)(H,20,21). The molecule has 108 valence electrons. The third-order valence-corrected chi connectivity index (χ3v) is 3.49. The summed E-state index contributed by atoms with van der Waals surface area (Å²) in [6.07, 6.45) is -0.105. The highest BCUT2D eigenvalue weighted by Gasteiger charge is 2.23. The van der Waals surface area contributed by atoms with Crippen molar-refractivity contribution in [3.63, 3.8) is 0 Å². The van der Waals surface area contributed by atoms with Crippen molar-refractivity contribution in [2.75, 3.05) is 5.32 Å². The number of carbonyl (C=O) groups excluding carboxylic acids is 1. The van der Waals surface area contributed by atoms with Crippen molar-refractivity contribution < 1.29 is 14.7 Å². The van der Waals surface area contributed by atoms with Crippen LogP contribution < -0.4 is 5.32 Å². The van der Waals surface area contributed by atoms with Crippen molar-refractivity contribution in [3.05, 3.63) is 64.6 Å². The van der Waals surface area contributed by atoms with E-state index in [9.17, 15) is 14.7 Å². The van der Waals surface area contributed by atoms with Crippen LogP contribution in [0.4, 0.5) is 5.69 Å². The molecule has 1 amide bonds. The Morgan fingerprint density at radius 2 is 1.81 bits per heavy atom. The lowest BCUT2D eigenvalue weighted by molar-refractivity contribution is -0.140. The van der Waals surface area contributed by atoms with Crippen LogP contribution in [-0.2, 0) is 9.59 Å². The zero-order valence-corrected chi connectivity index (χ0v) is 12.7. The van der Waals surface area contributed by atoms with E-state index in [1.165, 1.54) is 0 Å². The quantitative estimate of drug-likeness (QED) is 0.867. The number of benzene rings is 2. The summed E-state index contributed by atoms with van der Waals surface area (Å²) in [5.41, 5.74) is 1.25. The summed E-state index contributed by atoms with van der Waals surface area (Å²) >= 11 is 3.32. The van der Waals surface area contributed by atoms with E-state index in [4.69, 9.17) is 0 Å². The van der Waals surface area contributed by atoms with Crippen molar-refractivity contribution in [2.24, 2.45) is 0 Å². The lowest BCUT2D eigenvalue weighted by Crippen LogP contribution is -2.20. The van der Waals surface area contributed by atoms with Gasteiger partial charge in [0.15, 0.2) is 0 Å². The zero-order valence-electron chi connectivity index (χ0n) is 11.1. The number of anilines is 1. The van der Waals surface area contributed by atoms with Crippen LogP contribution in [0, 0.1) is 0 Å². The predicted octanol–water partition coefficient (Wildman–Crippen LogP) is 3.65. The molecule has 1 atom stereocenters. The third-order valence-electron chi connectivity index (χ3n) is 3.00. The zero-order chi connectivity index (χ0) is 15.2. The van der Waals surface area contributed by atoms with Gasteiger partial charge in [-0.25, -0.2) is 0 Å². The number of carbonyl (C=O) groups is 2. The molecule has 5 heteroatoms. The van der Waals surface area contributed by atoms with Crippen molar-refractivity contribution in [1.29, 1.82) is 0 Å². The minimum absolute atomic E-state index is 0.105. The van der Waals surface area contributed by atoms with Gasteiger partial charge in [-0.05, 0) is 23.8 Å². The molecular formula is C16H14BrNO3. The normalized spacial score (nSPS) is 11.7. The van der Waals surface area contributed by atoms with Crippen molar-refractivity contribution in [3.8, 4) is 0 Å². The van der Waals surface area contributed by atoms with Crippen LogP contribution in [0.3, 0.4) is 0 Å². The molecule has 2 aromatic rings. The highest BCUT2D eigenvalue weighted by molar-refractivity contribution is 9.10. The van der Waals surface area contributed by atoms with Gasteiger partial charge in [0.25, 0.3) is 0 Å². The summed E-state index contributed by atoms with van der Waals surface area (Å²) in [5, 5.41) is 12.0. The van der Waals surface area contributed by atoms with Gasteiger partial charge in [-0.3, -0.25) is 9.59 Å². The van der Waals surface area contributed by atoms with Gasteiger partial charge in [-0.1, -0.05) is 52.3 Å². The van der Waals surface area contributed by atoms with Gasteiger partial charge in [0.2, 0.25) is 5.91 Å². The molecular weight excluding hydrogens is 334 g/mol. The highest BCUT2D eigenvalue weighted by atomic mass is 79.9. The molecule has 0 heterocycles. The second kappa shape index (κ2) is 7.04. The van der Waals surface area contributed by atoms with E-state index in [1.807, 2.05) is 12.1 Å². The van der Waals surface area contributed by atoms with Crippen LogP contribution in [0.1, 0.15) is 17.9 Å². The number of rotatable bonds is 5. The lowest BCUT2D eigenvalue weighted by Gasteiger charge is -2.13. The topological polar surface area (TPSA) is 66.4 Å². The SMILES string of the molecule is O=C(CC(C(=O)O)c1ccccc1)Nc1cccc(Br)c1. The van der Waals surface area contributed by atoms with Gasteiger partial charge in [0.1, 0.15) is 0 Å². The maximum atomic E-state index is 12.0. The van der Waals surface area contributed by atoms with Crippen LogP contribution in [0.5, 0.6) is 0 Å². The number of aliphatic carboxylic acids is 1. The maximum absolute atomic E-state index is 12.0. The fourth-order valence-electron chi connectivity index (χ4n) is 2.00.